The van der Waals surface area contributed by atoms with Crippen molar-refractivity contribution in [2.45, 2.75) is 26.3 Å². The molecule has 1 atom stereocenters. The van der Waals surface area contributed by atoms with Crippen LogP contribution < -0.4 is 9.80 Å². The van der Waals surface area contributed by atoms with Gasteiger partial charge in [-0.3, -0.25) is 9.69 Å². The van der Waals surface area contributed by atoms with Gasteiger partial charge < -0.3 is 9.80 Å². The van der Waals surface area contributed by atoms with Crippen LogP contribution in [0.5, 0.6) is 0 Å². The summed E-state index contributed by atoms with van der Waals surface area (Å²) >= 11 is 0. The van der Waals surface area contributed by atoms with E-state index in [0.29, 0.717) is 12.4 Å². The summed E-state index contributed by atoms with van der Waals surface area (Å²) in [5.74, 6) is 0.163. The van der Waals surface area contributed by atoms with Crippen molar-refractivity contribution in [3.63, 3.8) is 0 Å². The van der Waals surface area contributed by atoms with Gasteiger partial charge in [-0.1, -0.05) is 30.3 Å². The van der Waals surface area contributed by atoms with Gasteiger partial charge in [-0.25, -0.2) is 4.79 Å². The van der Waals surface area contributed by atoms with Crippen LogP contribution in [0.4, 0.5) is 16.2 Å². The molecule has 2 aromatic rings. The van der Waals surface area contributed by atoms with Crippen molar-refractivity contribution in [3.05, 3.63) is 59.2 Å². The van der Waals surface area contributed by atoms with Gasteiger partial charge in [0.25, 0.3) is 5.91 Å². The molecule has 0 spiro atoms. The minimum Gasteiger partial charge on any atom is -0.346 e. The van der Waals surface area contributed by atoms with E-state index < -0.39 is 11.6 Å². The van der Waals surface area contributed by atoms with Gasteiger partial charge in [0, 0.05) is 20.6 Å². The first-order valence-corrected chi connectivity index (χ1v) is 9.43. The van der Waals surface area contributed by atoms with E-state index in [0.717, 1.165) is 33.0 Å². The van der Waals surface area contributed by atoms with E-state index in [1.807, 2.05) is 49.2 Å². The fourth-order valence-corrected chi connectivity index (χ4v) is 4.29. The summed E-state index contributed by atoms with van der Waals surface area (Å²) in [6.45, 7) is 6.74. The van der Waals surface area contributed by atoms with Crippen LogP contribution in [0.2, 0.25) is 0 Å². The number of hydrogen-bond acceptors (Lipinski definition) is 4. The number of imide groups is 1. The van der Waals surface area contributed by atoms with Crippen molar-refractivity contribution >= 4 is 29.1 Å². The van der Waals surface area contributed by atoms with Gasteiger partial charge in [0.1, 0.15) is 0 Å². The normalized spacial score (nSPS) is 21.5. The smallest absolute Gasteiger partial charge is 0.346 e. The first kappa shape index (κ1) is 18.2. The summed E-state index contributed by atoms with van der Waals surface area (Å²) in [5.41, 5.74) is 3.84. The second-order valence-corrected chi connectivity index (χ2v) is 7.39. The molecule has 144 valence electrons. The Hall–Kier alpha value is -3.15. The number of aliphatic imine (C=N–C) groups is 1. The van der Waals surface area contributed by atoms with Crippen LogP contribution in [0.1, 0.15) is 23.6 Å². The summed E-state index contributed by atoms with van der Waals surface area (Å²) in [6, 6.07) is 13.3. The second-order valence-electron chi connectivity index (χ2n) is 7.39. The number of carbonyl (C=O) groups is 2. The van der Waals surface area contributed by atoms with Crippen molar-refractivity contribution < 1.29 is 9.59 Å². The first-order valence-electron chi connectivity index (χ1n) is 9.43. The molecule has 3 amide bonds. The zero-order chi connectivity index (χ0) is 20.2. The lowest BCUT2D eigenvalue weighted by Gasteiger charge is -2.53. The Morgan fingerprint density at radius 1 is 0.929 bits per heavy atom. The molecule has 2 aliphatic heterocycles. The molecule has 0 saturated carbocycles. The number of fused-ring (bicyclic) bond motifs is 2. The van der Waals surface area contributed by atoms with E-state index >= 15 is 0 Å². The molecule has 6 nitrogen and oxygen atoms in total. The average molecular weight is 376 g/mol. The summed E-state index contributed by atoms with van der Waals surface area (Å²) in [4.78, 5) is 35.7. The number of nitrogens with zero attached hydrogens (tertiary/aromatic N) is 4. The van der Waals surface area contributed by atoms with E-state index in [4.69, 9.17) is 0 Å². The number of amides is 3. The van der Waals surface area contributed by atoms with Crippen molar-refractivity contribution in [2.75, 3.05) is 30.4 Å². The van der Waals surface area contributed by atoms with E-state index in [2.05, 4.69) is 35.9 Å². The Labute approximate surface area is 165 Å². The van der Waals surface area contributed by atoms with Gasteiger partial charge in [-0.15, -0.1) is 0 Å². The molecule has 0 bridgehead atoms. The number of hydrogen-bond donors (Lipinski definition) is 0. The van der Waals surface area contributed by atoms with Crippen LogP contribution >= 0.6 is 0 Å². The maximum absolute atomic E-state index is 13.7. The molecule has 2 aliphatic rings. The minimum absolute atomic E-state index is 0.286. The van der Waals surface area contributed by atoms with Crippen LogP contribution in [-0.4, -0.2) is 43.3 Å². The molecule has 28 heavy (non-hydrogen) atoms. The lowest BCUT2D eigenvalue weighted by atomic mass is 9.80. The molecule has 0 N–H and O–H groups in total. The molecule has 2 aromatic carbocycles. The number of carbonyl (C=O) groups excluding carboxylic acids is 2. The number of amidine groups is 1. The molecule has 6 heteroatoms. The molecular weight excluding hydrogens is 352 g/mol. The highest BCUT2D eigenvalue weighted by atomic mass is 16.2. The Bertz CT molecular complexity index is 1010. The van der Waals surface area contributed by atoms with Crippen molar-refractivity contribution in [2.24, 2.45) is 4.99 Å². The van der Waals surface area contributed by atoms with E-state index in [-0.39, 0.29) is 5.91 Å². The van der Waals surface area contributed by atoms with Crippen molar-refractivity contribution in [1.82, 2.24) is 4.90 Å². The number of urea groups is 1. The standard InChI is InChI=1S/C22H24N4O2/c1-6-26-18-13-15(3)14(2)12-17(18)24(4)19-22(26,16-10-8-7-9-11-16)20(27)25(5)21(28)23-19/h7-13H,6H2,1-5H3. The molecule has 0 radical (unpaired) electrons. The summed E-state index contributed by atoms with van der Waals surface area (Å²) in [6.07, 6.45) is 0. The zero-order valence-corrected chi connectivity index (χ0v) is 16.9. The number of anilines is 2. The molecule has 4 rings (SSSR count). The Kier molecular flexibility index (Phi) is 4.03. The molecular formula is C22H24N4O2. The van der Waals surface area contributed by atoms with Crippen molar-refractivity contribution in [3.8, 4) is 0 Å². The fourth-order valence-electron chi connectivity index (χ4n) is 4.29. The van der Waals surface area contributed by atoms with Gasteiger partial charge in [0.05, 0.1) is 11.4 Å². The molecule has 1 unspecified atom stereocenters. The topological polar surface area (TPSA) is 56.2 Å². The van der Waals surface area contributed by atoms with Crippen LogP contribution in [0.3, 0.4) is 0 Å². The summed E-state index contributed by atoms with van der Waals surface area (Å²) < 4.78 is 0. The molecule has 2 heterocycles. The fraction of sp³-hybridized carbons (Fsp3) is 0.318. The van der Waals surface area contributed by atoms with E-state index in [1.54, 1.807) is 0 Å². The van der Waals surface area contributed by atoms with Crippen LogP contribution in [0, 0.1) is 13.8 Å². The van der Waals surface area contributed by atoms with Gasteiger partial charge in [0.2, 0.25) is 5.54 Å². The lowest BCUT2D eigenvalue weighted by Crippen LogP contribution is -2.70. The predicted molar refractivity (Wildman–Crippen MR) is 111 cm³/mol. The highest BCUT2D eigenvalue weighted by molar-refractivity contribution is 6.30. The van der Waals surface area contributed by atoms with E-state index in [9.17, 15) is 9.59 Å². The zero-order valence-electron chi connectivity index (χ0n) is 16.9. The van der Waals surface area contributed by atoms with Gasteiger partial charge in [-0.05, 0) is 49.6 Å². The Balaban J connectivity index is 2.13. The van der Waals surface area contributed by atoms with E-state index in [1.165, 1.54) is 7.05 Å². The van der Waals surface area contributed by atoms with Crippen LogP contribution in [-0.2, 0) is 10.3 Å². The van der Waals surface area contributed by atoms with Crippen molar-refractivity contribution in [1.29, 1.82) is 0 Å². The summed E-state index contributed by atoms with van der Waals surface area (Å²) in [5, 5.41) is 0. The first-order chi connectivity index (χ1) is 13.3. The minimum atomic E-state index is -1.18. The number of likely N-dealkylation sites (N-methyl/N-ethyl adjacent to an activating group) is 3. The highest BCUT2D eigenvalue weighted by Crippen LogP contribution is 2.48. The molecule has 0 saturated heterocycles. The Morgan fingerprint density at radius 2 is 1.54 bits per heavy atom. The third-order valence-electron chi connectivity index (χ3n) is 5.90. The third kappa shape index (κ3) is 2.17. The largest absolute Gasteiger partial charge is 0.351 e. The average Bonchev–Trinajstić information content (AvgIpc) is 2.70. The molecule has 0 fully saturated rings. The summed E-state index contributed by atoms with van der Waals surface area (Å²) in [7, 11) is 3.38. The monoisotopic (exact) mass is 376 g/mol. The molecule has 0 aliphatic carbocycles. The highest BCUT2D eigenvalue weighted by Gasteiger charge is 2.59. The molecule has 0 aromatic heterocycles. The van der Waals surface area contributed by atoms with Gasteiger partial charge >= 0.3 is 6.03 Å². The number of rotatable bonds is 2. The third-order valence-corrected chi connectivity index (χ3v) is 5.90. The lowest BCUT2D eigenvalue weighted by molar-refractivity contribution is -0.131. The predicted octanol–water partition coefficient (Wildman–Crippen LogP) is 3.47. The maximum Gasteiger partial charge on any atom is 0.351 e. The van der Waals surface area contributed by atoms with Gasteiger partial charge in [-0.2, -0.15) is 4.99 Å². The number of aryl methyl sites for hydroxylation is 2. The van der Waals surface area contributed by atoms with Crippen LogP contribution in [0.15, 0.2) is 47.5 Å². The Morgan fingerprint density at radius 3 is 2.14 bits per heavy atom. The second kappa shape index (κ2) is 6.19. The van der Waals surface area contributed by atoms with Crippen LogP contribution in [0.25, 0.3) is 0 Å². The quantitative estimate of drug-likeness (QED) is 0.805. The van der Waals surface area contributed by atoms with Gasteiger partial charge in [0.15, 0.2) is 5.84 Å². The maximum atomic E-state index is 13.7. The SMILES string of the molecule is CCN1c2cc(C)c(C)cc2N(C)C2=NC(=O)N(C)C(=O)C21c1ccccc1. The number of benzene rings is 2.